The Balaban J connectivity index is 3.15. The van der Waals surface area contributed by atoms with E-state index < -0.39 is 35.4 Å². The predicted molar refractivity (Wildman–Crippen MR) is 67.3 cm³/mol. The number of methoxy groups -OCH3 is 1. The lowest BCUT2D eigenvalue weighted by Gasteiger charge is -2.21. The van der Waals surface area contributed by atoms with Gasteiger partial charge in [-0.1, -0.05) is 0 Å². The number of carbonyl (C=O) groups is 1. The number of nitrogens with one attached hydrogen (secondary N) is 1. The number of rotatable bonds is 4. The lowest BCUT2D eigenvalue weighted by molar-refractivity contribution is -0.143. The molecule has 0 aliphatic heterocycles. The monoisotopic (exact) mass is 302 g/mol. The lowest BCUT2D eigenvalue weighted by atomic mass is 10.1. The van der Waals surface area contributed by atoms with Crippen LogP contribution in [0.1, 0.15) is 18.1 Å². The Kier molecular flexibility index (Phi) is 5.16. The van der Waals surface area contributed by atoms with Crippen molar-refractivity contribution in [2.75, 3.05) is 12.4 Å². The van der Waals surface area contributed by atoms with Crippen LogP contribution in [0.5, 0.6) is 0 Å². The number of alkyl halides is 3. The first-order chi connectivity index (χ1) is 9.70. The van der Waals surface area contributed by atoms with Gasteiger partial charge in [0.1, 0.15) is 0 Å². The van der Waals surface area contributed by atoms with Crippen LogP contribution < -0.4 is 5.32 Å². The van der Waals surface area contributed by atoms with E-state index in [1.807, 2.05) is 0 Å². The highest BCUT2D eigenvalue weighted by molar-refractivity contribution is 5.80. The number of nitrogens with zero attached hydrogens (tertiary/aromatic N) is 1. The van der Waals surface area contributed by atoms with Crippen molar-refractivity contribution in [1.29, 1.82) is 5.26 Å². The first-order valence-corrected chi connectivity index (χ1v) is 5.84. The molecule has 1 aromatic carbocycles. The number of esters is 1. The summed E-state index contributed by atoms with van der Waals surface area (Å²) in [7, 11) is 1.10. The standard InChI is InChI=1S/C13H13F3N2O3/c1-7(19)11(12(20)21-2)18-9-4-3-8(6-17)10(5-9)13(14,15)16/h3-5,7,11,18-19H,1-2H3/t7-,11+/m0/s1. The van der Waals surface area contributed by atoms with E-state index >= 15 is 0 Å². The Hall–Kier alpha value is -2.27. The van der Waals surface area contributed by atoms with Crippen molar-refractivity contribution in [3.63, 3.8) is 0 Å². The molecule has 5 nitrogen and oxygen atoms in total. The van der Waals surface area contributed by atoms with Gasteiger partial charge in [-0.25, -0.2) is 4.79 Å². The zero-order chi connectivity index (χ0) is 16.2. The number of aliphatic hydroxyl groups is 1. The van der Waals surface area contributed by atoms with Gasteiger partial charge in [-0.05, 0) is 25.1 Å². The fraction of sp³-hybridized carbons (Fsp3) is 0.385. The third-order valence-electron chi connectivity index (χ3n) is 2.71. The zero-order valence-electron chi connectivity index (χ0n) is 11.2. The molecule has 21 heavy (non-hydrogen) atoms. The number of aliphatic hydroxyl groups excluding tert-OH is 1. The molecule has 114 valence electrons. The van der Waals surface area contributed by atoms with Gasteiger partial charge in [-0.3, -0.25) is 0 Å². The molecule has 0 aliphatic rings. The summed E-state index contributed by atoms with van der Waals surface area (Å²) >= 11 is 0. The number of halogens is 3. The number of hydrogen-bond donors (Lipinski definition) is 2. The molecule has 0 saturated heterocycles. The van der Waals surface area contributed by atoms with Crippen LogP contribution in [-0.4, -0.2) is 30.3 Å². The highest BCUT2D eigenvalue weighted by Gasteiger charge is 2.34. The van der Waals surface area contributed by atoms with E-state index in [1.54, 1.807) is 0 Å². The largest absolute Gasteiger partial charge is 0.467 e. The summed E-state index contributed by atoms with van der Waals surface area (Å²) in [5.74, 6) is -0.817. The van der Waals surface area contributed by atoms with Gasteiger partial charge in [0.15, 0.2) is 6.04 Å². The van der Waals surface area contributed by atoms with Crippen molar-refractivity contribution in [3.8, 4) is 6.07 Å². The molecule has 0 spiro atoms. The Morgan fingerprint density at radius 1 is 1.48 bits per heavy atom. The van der Waals surface area contributed by atoms with Crippen LogP contribution in [0, 0.1) is 11.3 Å². The minimum Gasteiger partial charge on any atom is -0.467 e. The molecule has 8 heteroatoms. The average Bonchev–Trinajstić information content (AvgIpc) is 2.42. The second-order valence-corrected chi connectivity index (χ2v) is 4.26. The fourth-order valence-electron chi connectivity index (χ4n) is 1.65. The van der Waals surface area contributed by atoms with Gasteiger partial charge in [-0.2, -0.15) is 18.4 Å². The third kappa shape index (κ3) is 4.10. The first kappa shape index (κ1) is 16.8. The Morgan fingerprint density at radius 2 is 2.10 bits per heavy atom. The Morgan fingerprint density at radius 3 is 2.52 bits per heavy atom. The average molecular weight is 302 g/mol. The van der Waals surface area contributed by atoms with Crippen LogP contribution in [0.2, 0.25) is 0 Å². The molecule has 0 unspecified atom stereocenters. The Labute approximate surface area is 118 Å². The second-order valence-electron chi connectivity index (χ2n) is 4.26. The molecule has 0 saturated carbocycles. The van der Waals surface area contributed by atoms with Gasteiger partial charge in [0.2, 0.25) is 0 Å². The maximum absolute atomic E-state index is 12.8. The number of nitriles is 1. The maximum Gasteiger partial charge on any atom is 0.417 e. The van der Waals surface area contributed by atoms with Crippen LogP contribution in [0.25, 0.3) is 0 Å². The fourth-order valence-corrected chi connectivity index (χ4v) is 1.65. The van der Waals surface area contributed by atoms with Crippen molar-refractivity contribution in [2.45, 2.75) is 25.2 Å². The molecule has 1 aromatic rings. The number of carbonyl (C=O) groups excluding carboxylic acids is 1. The third-order valence-corrected chi connectivity index (χ3v) is 2.71. The highest BCUT2D eigenvalue weighted by atomic mass is 19.4. The molecule has 0 amide bonds. The molecule has 0 heterocycles. The minimum absolute atomic E-state index is 0.0578. The molecular formula is C13H13F3N2O3. The summed E-state index contributed by atoms with van der Waals surface area (Å²) in [6.45, 7) is 1.29. The summed E-state index contributed by atoms with van der Waals surface area (Å²) < 4.78 is 42.9. The van der Waals surface area contributed by atoms with Crippen LogP contribution in [0.15, 0.2) is 18.2 Å². The number of hydrogen-bond acceptors (Lipinski definition) is 5. The first-order valence-electron chi connectivity index (χ1n) is 5.84. The van der Waals surface area contributed by atoms with E-state index in [9.17, 15) is 23.1 Å². The van der Waals surface area contributed by atoms with Crippen molar-refractivity contribution < 1.29 is 27.8 Å². The molecule has 0 radical (unpaired) electrons. The molecule has 0 fully saturated rings. The smallest absolute Gasteiger partial charge is 0.417 e. The maximum atomic E-state index is 12.8. The van der Waals surface area contributed by atoms with Gasteiger partial charge in [0.05, 0.1) is 30.4 Å². The SMILES string of the molecule is COC(=O)[C@H](Nc1ccc(C#N)c(C(F)(F)F)c1)[C@H](C)O. The van der Waals surface area contributed by atoms with Gasteiger partial charge in [0.25, 0.3) is 0 Å². The topological polar surface area (TPSA) is 82.3 Å². The molecule has 0 aromatic heterocycles. The van der Waals surface area contributed by atoms with Crippen LogP contribution in [0.3, 0.4) is 0 Å². The van der Waals surface area contributed by atoms with Gasteiger partial charge in [0, 0.05) is 5.69 Å². The summed E-state index contributed by atoms with van der Waals surface area (Å²) in [5.41, 5.74) is -1.71. The van der Waals surface area contributed by atoms with Crippen molar-refractivity contribution >= 4 is 11.7 Å². The Bertz CT molecular complexity index is 565. The zero-order valence-corrected chi connectivity index (χ0v) is 11.2. The summed E-state index contributed by atoms with van der Waals surface area (Å²) in [6, 6.07) is 3.14. The molecule has 0 aliphatic carbocycles. The quantitative estimate of drug-likeness (QED) is 0.830. The van der Waals surface area contributed by atoms with Crippen LogP contribution in [-0.2, 0) is 15.7 Å². The summed E-state index contributed by atoms with van der Waals surface area (Å²) in [4.78, 5) is 11.4. The summed E-state index contributed by atoms with van der Waals surface area (Å²) in [5, 5.41) is 20.6. The number of benzene rings is 1. The van der Waals surface area contributed by atoms with E-state index in [4.69, 9.17) is 5.26 Å². The normalized spacial score (nSPS) is 14.0. The molecule has 2 atom stereocenters. The molecule has 1 rings (SSSR count). The molecular weight excluding hydrogens is 289 g/mol. The lowest BCUT2D eigenvalue weighted by Crippen LogP contribution is -2.40. The van der Waals surface area contributed by atoms with E-state index in [0.717, 1.165) is 13.2 Å². The van der Waals surface area contributed by atoms with E-state index in [1.165, 1.54) is 19.1 Å². The van der Waals surface area contributed by atoms with E-state index in [-0.39, 0.29) is 5.69 Å². The number of ether oxygens (including phenoxy) is 1. The van der Waals surface area contributed by atoms with Gasteiger partial charge < -0.3 is 15.2 Å². The second kappa shape index (κ2) is 6.45. The highest BCUT2D eigenvalue weighted by Crippen LogP contribution is 2.33. The van der Waals surface area contributed by atoms with Crippen molar-refractivity contribution in [2.24, 2.45) is 0 Å². The van der Waals surface area contributed by atoms with Crippen molar-refractivity contribution in [1.82, 2.24) is 0 Å². The predicted octanol–water partition coefficient (Wildman–Crippen LogP) is 1.91. The minimum atomic E-state index is -4.70. The van der Waals surface area contributed by atoms with Crippen LogP contribution in [0.4, 0.5) is 18.9 Å². The molecule has 2 N–H and O–H groups in total. The van der Waals surface area contributed by atoms with Gasteiger partial charge in [-0.15, -0.1) is 0 Å². The van der Waals surface area contributed by atoms with Crippen molar-refractivity contribution in [3.05, 3.63) is 29.3 Å². The van der Waals surface area contributed by atoms with Crippen LogP contribution >= 0.6 is 0 Å². The van der Waals surface area contributed by atoms with E-state index in [2.05, 4.69) is 10.1 Å². The van der Waals surface area contributed by atoms with E-state index in [0.29, 0.717) is 6.07 Å². The van der Waals surface area contributed by atoms with Gasteiger partial charge >= 0.3 is 12.1 Å². The summed E-state index contributed by atoms with van der Waals surface area (Å²) in [6.07, 6.45) is -5.88. The number of anilines is 1. The molecule has 0 bridgehead atoms.